The van der Waals surface area contributed by atoms with E-state index in [0.717, 1.165) is 18.5 Å². The number of nitrogens with zero attached hydrogens (tertiary/aromatic N) is 2. The summed E-state index contributed by atoms with van der Waals surface area (Å²) in [7, 11) is 1.45. The van der Waals surface area contributed by atoms with Gasteiger partial charge in [-0.3, -0.25) is 0 Å². The molecule has 0 amide bonds. The number of hydrogen-bond donors (Lipinski definition) is 1. The largest absolute Gasteiger partial charge is 0.494 e. The van der Waals surface area contributed by atoms with E-state index in [9.17, 15) is 4.39 Å². The molecule has 0 aliphatic heterocycles. The van der Waals surface area contributed by atoms with Crippen LogP contribution < -0.4 is 10.5 Å². The predicted molar refractivity (Wildman–Crippen MR) is 78.2 cm³/mol. The van der Waals surface area contributed by atoms with Crippen LogP contribution in [0.25, 0.3) is 11.0 Å². The number of methoxy groups -OCH3 is 1. The van der Waals surface area contributed by atoms with Crippen LogP contribution in [0.2, 0.25) is 0 Å². The van der Waals surface area contributed by atoms with Gasteiger partial charge in [0.05, 0.1) is 18.1 Å². The van der Waals surface area contributed by atoms with E-state index in [1.54, 1.807) is 6.07 Å². The molecule has 1 aromatic carbocycles. The van der Waals surface area contributed by atoms with E-state index in [-0.39, 0.29) is 5.75 Å². The third-order valence-electron chi connectivity index (χ3n) is 3.21. The highest BCUT2D eigenvalue weighted by Gasteiger charge is 2.13. The Hall–Kier alpha value is -1.43. The molecule has 104 valence electrons. The first-order valence-corrected chi connectivity index (χ1v) is 7.37. The number of aromatic nitrogens is 2. The molecular formula is C13H18FN3OS. The van der Waals surface area contributed by atoms with Gasteiger partial charge in [0.1, 0.15) is 0 Å². The summed E-state index contributed by atoms with van der Waals surface area (Å²) in [6, 6.07) is 3.01. The molecule has 0 bridgehead atoms. The Labute approximate surface area is 116 Å². The number of fused-ring (bicyclic) bond motifs is 1. The average Bonchev–Trinajstić information content (AvgIpc) is 2.69. The van der Waals surface area contributed by atoms with Crippen molar-refractivity contribution in [3.63, 3.8) is 0 Å². The monoisotopic (exact) mass is 283 g/mol. The molecule has 2 N–H and O–H groups in total. The summed E-state index contributed by atoms with van der Waals surface area (Å²) >= 11 is 1.81. The summed E-state index contributed by atoms with van der Waals surface area (Å²) in [6.45, 7) is 2.93. The number of halogens is 1. The smallest absolute Gasteiger partial charge is 0.201 e. The standard InChI is InChI=1S/C13H18FN3OS/c1-8(19-3)4-5-17-11-7-12(18-2)9(14)6-10(11)16-13(17)15/h6-8H,4-5H2,1-3H3,(H2,15,16). The first kappa shape index (κ1) is 14.0. The van der Waals surface area contributed by atoms with Crippen LogP contribution in [-0.4, -0.2) is 28.2 Å². The molecule has 0 saturated carbocycles. The molecule has 1 aromatic heterocycles. The number of aryl methyl sites for hydroxylation is 1. The van der Waals surface area contributed by atoms with Crippen LogP contribution in [0.5, 0.6) is 5.75 Å². The van der Waals surface area contributed by atoms with Crippen molar-refractivity contribution in [3.05, 3.63) is 17.9 Å². The number of anilines is 1. The van der Waals surface area contributed by atoms with Crippen LogP contribution in [0.4, 0.5) is 10.3 Å². The van der Waals surface area contributed by atoms with Gasteiger partial charge in [0, 0.05) is 23.9 Å². The Morgan fingerprint density at radius 3 is 2.89 bits per heavy atom. The van der Waals surface area contributed by atoms with Crippen molar-refractivity contribution < 1.29 is 9.13 Å². The van der Waals surface area contributed by atoms with Crippen molar-refractivity contribution in [2.24, 2.45) is 0 Å². The van der Waals surface area contributed by atoms with Gasteiger partial charge in [0.15, 0.2) is 11.6 Å². The van der Waals surface area contributed by atoms with Crippen LogP contribution in [0.3, 0.4) is 0 Å². The van der Waals surface area contributed by atoms with E-state index in [1.165, 1.54) is 13.2 Å². The van der Waals surface area contributed by atoms with E-state index in [2.05, 4.69) is 18.2 Å². The summed E-state index contributed by atoms with van der Waals surface area (Å²) in [5, 5.41) is 0.541. The van der Waals surface area contributed by atoms with Crippen molar-refractivity contribution in [2.45, 2.75) is 25.1 Å². The summed E-state index contributed by atoms with van der Waals surface area (Å²) in [4.78, 5) is 4.19. The van der Waals surface area contributed by atoms with Gasteiger partial charge in [0.25, 0.3) is 0 Å². The maximum atomic E-state index is 13.6. The van der Waals surface area contributed by atoms with Gasteiger partial charge in [-0.15, -0.1) is 0 Å². The second kappa shape index (κ2) is 5.69. The van der Waals surface area contributed by atoms with Crippen molar-refractivity contribution in [2.75, 3.05) is 19.1 Å². The topological polar surface area (TPSA) is 53.1 Å². The zero-order valence-corrected chi connectivity index (χ0v) is 12.1. The highest BCUT2D eigenvalue weighted by molar-refractivity contribution is 7.99. The highest BCUT2D eigenvalue weighted by atomic mass is 32.2. The minimum absolute atomic E-state index is 0.214. The summed E-state index contributed by atoms with van der Waals surface area (Å²) in [6.07, 6.45) is 3.06. The molecule has 0 aliphatic carbocycles. The quantitative estimate of drug-likeness (QED) is 0.916. The summed E-state index contributed by atoms with van der Waals surface area (Å²) in [5.74, 6) is 0.208. The number of nitrogen functional groups attached to an aromatic ring is 1. The second-order valence-corrected chi connectivity index (χ2v) is 5.71. The van der Waals surface area contributed by atoms with E-state index < -0.39 is 5.82 Å². The predicted octanol–water partition coefficient (Wildman–Crippen LogP) is 2.91. The zero-order valence-electron chi connectivity index (χ0n) is 11.3. The number of nitrogens with two attached hydrogens (primary N) is 1. The van der Waals surface area contributed by atoms with Gasteiger partial charge in [0.2, 0.25) is 5.95 Å². The maximum absolute atomic E-state index is 13.6. The number of ether oxygens (including phenoxy) is 1. The van der Waals surface area contributed by atoms with Gasteiger partial charge in [-0.2, -0.15) is 11.8 Å². The lowest BCUT2D eigenvalue weighted by atomic mass is 10.2. The Morgan fingerprint density at radius 2 is 2.26 bits per heavy atom. The molecule has 4 nitrogen and oxygen atoms in total. The fourth-order valence-electron chi connectivity index (χ4n) is 1.97. The van der Waals surface area contributed by atoms with Crippen molar-refractivity contribution in [3.8, 4) is 5.75 Å². The fourth-order valence-corrected chi connectivity index (χ4v) is 2.31. The van der Waals surface area contributed by atoms with Gasteiger partial charge >= 0.3 is 0 Å². The van der Waals surface area contributed by atoms with Crippen LogP contribution in [0.1, 0.15) is 13.3 Å². The minimum atomic E-state index is -0.419. The Kier molecular flexibility index (Phi) is 4.19. The highest BCUT2D eigenvalue weighted by Crippen LogP contribution is 2.27. The van der Waals surface area contributed by atoms with Crippen molar-refractivity contribution in [1.29, 1.82) is 0 Å². The summed E-state index contributed by atoms with van der Waals surface area (Å²) < 4.78 is 20.5. The van der Waals surface area contributed by atoms with Gasteiger partial charge in [-0.05, 0) is 12.7 Å². The molecule has 19 heavy (non-hydrogen) atoms. The second-order valence-electron chi connectivity index (χ2n) is 4.43. The lowest BCUT2D eigenvalue weighted by Crippen LogP contribution is -2.07. The molecule has 2 aromatic rings. The first-order valence-electron chi connectivity index (χ1n) is 6.08. The summed E-state index contributed by atoms with van der Waals surface area (Å²) in [5.41, 5.74) is 7.28. The SMILES string of the molecule is COc1cc2c(cc1F)nc(N)n2CCC(C)SC. The molecule has 0 saturated heterocycles. The third-order valence-corrected chi connectivity index (χ3v) is 4.25. The Bertz CT molecular complexity index is 585. The van der Waals surface area contributed by atoms with Crippen LogP contribution in [0.15, 0.2) is 12.1 Å². The molecular weight excluding hydrogens is 265 g/mol. The van der Waals surface area contributed by atoms with E-state index in [0.29, 0.717) is 16.7 Å². The molecule has 6 heteroatoms. The van der Waals surface area contributed by atoms with Gasteiger partial charge in [-0.25, -0.2) is 9.37 Å². The van der Waals surface area contributed by atoms with E-state index in [4.69, 9.17) is 10.5 Å². The molecule has 0 aliphatic rings. The number of imidazole rings is 1. The minimum Gasteiger partial charge on any atom is -0.494 e. The number of hydrogen-bond acceptors (Lipinski definition) is 4. The zero-order chi connectivity index (χ0) is 14.0. The van der Waals surface area contributed by atoms with Crippen LogP contribution in [0, 0.1) is 5.82 Å². The first-order chi connectivity index (χ1) is 9.06. The third kappa shape index (κ3) is 2.78. The lowest BCUT2D eigenvalue weighted by Gasteiger charge is -2.11. The Morgan fingerprint density at radius 1 is 1.53 bits per heavy atom. The normalized spacial score (nSPS) is 12.8. The van der Waals surface area contributed by atoms with Crippen LogP contribution >= 0.6 is 11.8 Å². The molecule has 1 unspecified atom stereocenters. The molecule has 2 rings (SSSR count). The molecule has 1 heterocycles. The molecule has 0 spiro atoms. The van der Waals surface area contributed by atoms with E-state index in [1.807, 2.05) is 16.3 Å². The maximum Gasteiger partial charge on any atom is 0.201 e. The molecule has 0 radical (unpaired) electrons. The fraction of sp³-hybridized carbons (Fsp3) is 0.462. The lowest BCUT2D eigenvalue weighted by molar-refractivity contribution is 0.387. The Balaban J connectivity index is 2.39. The number of thioether (sulfide) groups is 1. The van der Waals surface area contributed by atoms with E-state index >= 15 is 0 Å². The molecule has 1 atom stereocenters. The number of benzene rings is 1. The molecule has 0 fully saturated rings. The van der Waals surface area contributed by atoms with Gasteiger partial charge in [-0.1, -0.05) is 6.92 Å². The number of rotatable bonds is 5. The van der Waals surface area contributed by atoms with Crippen LogP contribution in [-0.2, 0) is 6.54 Å². The van der Waals surface area contributed by atoms with Crippen molar-refractivity contribution in [1.82, 2.24) is 9.55 Å². The van der Waals surface area contributed by atoms with Gasteiger partial charge < -0.3 is 15.0 Å². The average molecular weight is 283 g/mol. The van der Waals surface area contributed by atoms with Crippen molar-refractivity contribution >= 4 is 28.7 Å².